The lowest BCUT2D eigenvalue weighted by molar-refractivity contribution is 0.102. The molecule has 3 rings (SSSR count). The summed E-state index contributed by atoms with van der Waals surface area (Å²) in [5, 5.41) is 6.61. The first kappa shape index (κ1) is 16.5. The van der Waals surface area contributed by atoms with Gasteiger partial charge in [-0.1, -0.05) is 27.5 Å². The zero-order chi connectivity index (χ0) is 16.9. The van der Waals surface area contributed by atoms with Gasteiger partial charge in [0.25, 0.3) is 5.91 Å². The minimum atomic E-state index is -0.245. The lowest BCUT2D eigenvalue weighted by Crippen LogP contribution is -2.14. The topological polar surface area (TPSA) is 54.0 Å². The Labute approximate surface area is 153 Å². The van der Waals surface area contributed by atoms with E-state index in [9.17, 15) is 4.79 Å². The smallest absolute Gasteiger partial charge is 0.259 e. The largest absolute Gasteiger partial charge is 0.340 e. The Balaban J connectivity index is 1.81. The predicted octanol–water partition coefficient (Wildman–Crippen LogP) is 5.49. The summed E-state index contributed by atoms with van der Waals surface area (Å²) in [6.07, 6.45) is 1.64. The van der Waals surface area contributed by atoms with Crippen LogP contribution in [0.4, 0.5) is 17.2 Å². The maximum absolute atomic E-state index is 12.5. The number of halogens is 2. The molecule has 0 atom stereocenters. The Morgan fingerprint density at radius 1 is 0.958 bits per heavy atom. The van der Waals surface area contributed by atoms with Crippen molar-refractivity contribution in [1.29, 1.82) is 0 Å². The molecule has 0 aliphatic rings. The summed E-state index contributed by atoms with van der Waals surface area (Å²) in [6, 6.07) is 18.0. The lowest BCUT2D eigenvalue weighted by Gasteiger charge is -2.11. The molecule has 1 heterocycles. The van der Waals surface area contributed by atoms with Gasteiger partial charge in [-0.2, -0.15) is 0 Å². The number of rotatable bonds is 4. The molecule has 0 saturated carbocycles. The fourth-order valence-corrected chi connectivity index (χ4v) is 2.48. The van der Waals surface area contributed by atoms with Crippen LogP contribution < -0.4 is 10.6 Å². The van der Waals surface area contributed by atoms with Crippen molar-refractivity contribution in [2.75, 3.05) is 10.6 Å². The van der Waals surface area contributed by atoms with Crippen molar-refractivity contribution >= 4 is 50.6 Å². The normalized spacial score (nSPS) is 10.2. The summed E-state index contributed by atoms with van der Waals surface area (Å²) in [5.41, 5.74) is 1.97. The van der Waals surface area contributed by atoms with Crippen molar-refractivity contribution in [3.05, 3.63) is 81.9 Å². The molecule has 0 fully saturated rings. The zero-order valence-corrected chi connectivity index (χ0v) is 14.8. The molecule has 24 heavy (non-hydrogen) atoms. The zero-order valence-electron chi connectivity index (χ0n) is 12.5. The number of hydrogen-bond acceptors (Lipinski definition) is 3. The molecule has 0 unspecified atom stereocenters. The molecule has 120 valence electrons. The molecule has 2 aromatic carbocycles. The molecule has 0 radical (unpaired) electrons. The summed E-state index contributed by atoms with van der Waals surface area (Å²) in [4.78, 5) is 16.8. The third-order valence-corrected chi connectivity index (χ3v) is 4.04. The van der Waals surface area contributed by atoms with Crippen LogP contribution in [-0.2, 0) is 0 Å². The number of amides is 1. The van der Waals surface area contributed by atoms with Gasteiger partial charge >= 0.3 is 0 Å². The van der Waals surface area contributed by atoms with Gasteiger partial charge in [0.05, 0.1) is 5.56 Å². The van der Waals surface area contributed by atoms with Gasteiger partial charge in [-0.3, -0.25) is 4.79 Å². The first-order valence-electron chi connectivity index (χ1n) is 7.16. The van der Waals surface area contributed by atoms with Crippen molar-refractivity contribution in [2.24, 2.45) is 0 Å². The van der Waals surface area contributed by atoms with E-state index in [1.54, 1.807) is 42.6 Å². The van der Waals surface area contributed by atoms with Gasteiger partial charge in [0, 0.05) is 27.1 Å². The number of nitrogens with one attached hydrogen (secondary N) is 2. The van der Waals surface area contributed by atoms with E-state index in [2.05, 4.69) is 31.5 Å². The molecule has 0 aliphatic carbocycles. The molecule has 0 spiro atoms. The number of anilines is 3. The van der Waals surface area contributed by atoms with E-state index in [4.69, 9.17) is 11.6 Å². The molecular formula is C18H13BrClN3O. The molecule has 6 heteroatoms. The van der Waals surface area contributed by atoms with Crippen molar-refractivity contribution in [3.63, 3.8) is 0 Å². The van der Waals surface area contributed by atoms with E-state index in [1.165, 1.54) is 0 Å². The Bertz CT molecular complexity index is 851. The van der Waals surface area contributed by atoms with Crippen molar-refractivity contribution < 1.29 is 4.79 Å². The Morgan fingerprint density at radius 2 is 1.62 bits per heavy atom. The number of nitrogens with zero attached hydrogens (tertiary/aromatic N) is 1. The minimum absolute atomic E-state index is 0.245. The number of hydrogen-bond donors (Lipinski definition) is 2. The lowest BCUT2D eigenvalue weighted by atomic mass is 10.2. The highest BCUT2D eigenvalue weighted by molar-refractivity contribution is 9.10. The monoisotopic (exact) mass is 401 g/mol. The second-order valence-electron chi connectivity index (χ2n) is 4.99. The number of benzene rings is 2. The van der Waals surface area contributed by atoms with Crippen LogP contribution in [0.1, 0.15) is 10.4 Å². The second kappa shape index (κ2) is 7.47. The first-order valence-corrected chi connectivity index (χ1v) is 8.33. The molecule has 3 aromatic rings. The summed E-state index contributed by atoms with van der Waals surface area (Å²) in [6.45, 7) is 0. The number of carbonyl (C=O) groups excluding carboxylic acids is 1. The molecular weight excluding hydrogens is 390 g/mol. The maximum Gasteiger partial charge on any atom is 0.259 e. The molecule has 1 amide bonds. The van der Waals surface area contributed by atoms with E-state index in [0.29, 0.717) is 22.1 Å². The summed E-state index contributed by atoms with van der Waals surface area (Å²) >= 11 is 9.25. The van der Waals surface area contributed by atoms with Crippen LogP contribution >= 0.6 is 27.5 Å². The number of pyridine rings is 1. The summed E-state index contributed by atoms with van der Waals surface area (Å²) < 4.78 is 0.981. The summed E-state index contributed by atoms with van der Waals surface area (Å²) in [5.74, 6) is 0.247. The highest BCUT2D eigenvalue weighted by Gasteiger charge is 2.12. The Hall–Kier alpha value is -2.37. The van der Waals surface area contributed by atoms with Crippen LogP contribution in [0.25, 0.3) is 0 Å². The molecule has 0 aliphatic heterocycles. The van der Waals surface area contributed by atoms with E-state index in [0.717, 1.165) is 10.2 Å². The van der Waals surface area contributed by atoms with Gasteiger partial charge in [0.2, 0.25) is 0 Å². The fraction of sp³-hybridized carbons (Fsp3) is 0. The third kappa shape index (κ3) is 4.13. The average Bonchev–Trinajstić information content (AvgIpc) is 2.59. The predicted molar refractivity (Wildman–Crippen MR) is 101 cm³/mol. The van der Waals surface area contributed by atoms with Crippen LogP contribution in [0, 0.1) is 0 Å². The molecule has 1 aromatic heterocycles. The van der Waals surface area contributed by atoms with Gasteiger partial charge in [0.1, 0.15) is 5.82 Å². The molecule has 4 nitrogen and oxygen atoms in total. The third-order valence-electron chi connectivity index (χ3n) is 3.26. The van der Waals surface area contributed by atoms with Gasteiger partial charge in [0.15, 0.2) is 0 Å². The van der Waals surface area contributed by atoms with Crippen LogP contribution in [0.5, 0.6) is 0 Å². The fourth-order valence-electron chi connectivity index (χ4n) is 2.09. The van der Waals surface area contributed by atoms with Crippen molar-refractivity contribution in [2.45, 2.75) is 0 Å². The van der Waals surface area contributed by atoms with Crippen LogP contribution in [-0.4, -0.2) is 10.9 Å². The number of carbonyl (C=O) groups is 1. The van der Waals surface area contributed by atoms with E-state index >= 15 is 0 Å². The van der Waals surface area contributed by atoms with E-state index in [-0.39, 0.29) is 5.91 Å². The first-order chi connectivity index (χ1) is 11.6. The summed E-state index contributed by atoms with van der Waals surface area (Å²) in [7, 11) is 0. The van der Waals surface area contributed by atoms with Crippen LogP contribution in [0.2, 0.25) is 5.02 Å². The minimum Gasteiger partial charge on any atom is -0.340 e. The average molecular weight is 403 g/mol. The van der Waals surface area contributed by atoms with Gasteiger partial charge in [-0.15, -0.1) is 0 Å². The number of aromatic nitrogens is 1. The second-order valence-corrected chi connectivity index (χ2v) is 6.34. The van der Waals surface area contributed by atoms with Gasteiger partial charge in [-0.25, -0.2) is 4.98 Å². The van der Waals surface area contributed by atoms with Crippen LogP contribution in [0.3, 0.4) is 0 Å². The SMILES string of the molecule is O=C(Nc1ccc(Cl)cc1)c1cccnc1Nc1ccc(Br)cc1. The molecule has 0 bridgehead atoms. The van der Waals surface area contributed by atoms with E-state index < -0.39 is 0 Å². The van der Waals surface area contributed by atoms with Crippen molar-refractivity contribution in [3.8, 4) is 0 Å². The van der Waals surface area contributed by atoms with E-state index in [1.807, 2.05) is 24.3 Å². The molecule has 2 N–H and O–H groups in total. The standard InChI is InChI=1S/C18H13BrClN3O/c19-12-3-7-14(8-4-12)22-17-16(2-1-11-21-17)18(24)23-15-9-5-13(20)6-10-15/h1-11H,(H,21,22)(H,23,24). The van der Waals surface area contributed by atoms with Crippen LogP contribution in [0.15, 0.2) is 71.3 Å². The highest BCUT2D eigenvalue weighted by Crippen LogP contribution is 2.22. The quantitative estimate of drug-likeness (QED) is 0.606. The van der Waals surface area contributed by atoms with Gasteiger partial charge < -0.3 is 10.6 Å². The Kier molecular flexibility index (Phi) is 5.13. The maximum atomic E-state index is 12.5. The highest BCUT2D eigenvalue weighted by atomic mass is 79.9. The molecule has 0 saturated heterocycles. The Morgan fingerprint density at radius 3 is 2.33 bits per heavy atom. The van der Waals surface area contributed by atoms with Gasteiger partial charge in [-0.05, 0) is 60.7 Å². The van der Waals surface area contributed by atoms with Crippen molar-refractivity contribution in [1.82, 2.24) is 4.98 Å².